The maximum Gasteiger partial charge on any atom is 0.191 e. The zero-order valence-corrected chi connectivity index (χ0v) is 12.2. The molecule has 20 heavy (non-hydrogen) atoms. The van der Waals surface area contributed by atoms with Gasteiger partial charge in [0.15, 0.2) is 5.82 Å². The molecule has 0 unspecified atom stereocenters. The predicted molar refractivity (Wildman–Crippen MR) is 82.7 cm³/mol. The van der Waals surface area contributed by atoms with Gasteiger partial charge in [0.2, 0.25) is 0 Å². The number of nitrogens with two attached hydrogens (primary N) is 1. The molecule has 3 N–H and O–H groups in total. The third-order valence-electron chi connectivity index (χ3n) is 3.45. The van der Waals surface area contributed by atoms with E-state index in [9.17, 15) is 0 Å². The van der Waals surface area contributed by atoms with E-state index in [0.717, 1.165) is 27.8 Å². The second-order valence-corrected chi connectivity index (χ2v) is 6.18. The van der Waals surface area contributed by atoms with E-state index in [-0.39, 0.29) is 5.41 Å². The summed E-state index contributed by atoms with van der Waals surface area (Å²) in [6.45, 7) is 4.24. The van der Waals surface area contributed by atoms with Gasteiger partial charge in [0.05, 0.1) is 4.88 Å². The Morgan fingerprint density at radius 3 is 2.55 bits per heavy atom. The molecule has 0 saturated heterocycles. The molecule has 0 saturated carbocycles. The van der Waals surface area contributed by atoms with E-state index in [1.54, 1.807) is 11.3 Å². The van der Waals surface area contributed by atoms with Gasteiger partial charge in [0, 0.05) is 11.1 Å². The van der Waals surface area contributed by atoms with Crippen LogP contribution in [-0.2, 0) is 5.41 Å². The van der Waals surface area contributed by atoms with E-state index in [2.05, 4.69) is 29.0 Å². The molecule has 0 spiro atoms. The van der Waals surface area contributed by atoms with Gasteiger partial charge in [0.25, 0.3) is 0 Å². The average molecular weight is 284 g/mol. The fourth-order valence-electron chi connectivity index (χ4n) is 2.09. The van der Waals surface area contributed by atoms with Crippen LogP contribution in [0.2, 0.25) is 0 Å². The third kappa shape index (κ3) is 2.20. The van der Waals surface area contributed by atoms with Gasteiger partial charge in [-0.1, -0.05) is 18.2 Å². The first kappa shape index (κ1) is 12.9. The molecule has 0 aliphatic heterocycles. The van der Waals surface area contributed by atoms with Crippen LogP contribution >= 0.6 is 11.3 Å². The molecule has 0 amide bonds. The summed E-state index contributed by atoms with van der Waals surface area (Å²) >= 11 is 1.64. The second-order valence-electron chi connectivity index (χ2n) is 5.23. The highest BCUT2D eigenvalue weighted by atomic mass is 32.1. The highest BCUT2D eigenvalue weighted by Crippen LogP contribution is 2.31. The Kier molecular flexibility index (Phi) is 3.06. The molecule has 0 bridgehead atoms. The minimum Gasteiger partial charge on any atom is -0.399 e. The number of hydrogen-bond donors (Lipinski definition) is 2. The number of thiophene rings is 1. The zero-order chi connectivity index (χ0) is 14.2. The highest BCUT2D eigenvalue weighted by Gasteiger charge is 2.27. The number of anilines is 1. The van der Waals surface area contributed by atoms with Crippen LogP contribution in [0.15, 0.2) is 41.8 Å². The molecule has 3 rings (SSSR count). The first-order valence-electron chi connectivity index (χ1n) is 6.40. The van der Waals surface area contributed by atoms with Crippen molar-refractivity contribution in [2.75, 3.05) is 5.73 Å². The summed E-state index contributed by atoms with van der Waals surface area (Å²) in [5.74, 6) is 1.60. The summed E-state index contributed by atoms with van der Waals surface area (Å²) in [4.78, 5) is 5.71. The van der Waals surface area contributed by atoms with E-state index in [4.69, 9.17) is 5.73 Å². The normalized spacial score (nSPS) is 11.7. The number of nitrogens with one attached hydrogen (secondary N) is 1. The number of aromatic nitrogens is 3. The van der Waals surface area contributed by atoms with Crippen LogP contribution in [0.1, 0.15) is 25.2 Å². The number of nitrogen functional groups attached to an aromatic ring is 1. The van der Waals surface area contributed by atoms with Crippen LogP contribution in [0.4, 0.5) is 5.69 Å². The summed E-state index contributed by atoms with van der Waals surface area (Å²) in [6.07, 6.45) is 0. The van der Waals surface area contributed by atoms with Crippen molar-refractivity contribution in [3.63, 3.8) is 0 Å². The minimum absolute atomic E-state index is 0.240. The van der Waals surface area contributed by atoms with Gasteiger partial charge in [-0.3, -0.25) is 5.10 Å². The Morgan fingerprint density at radius 1 is 1.15 bits per heavy atom. The summed E-state index contributed by atoms with van der Waals surface area (Å²) in [5, 5.41) is 9.40. The highest BCUT2D eigenvalue weighted by molar-refractivity contribution is 7.13. The first-order chi connectivity index (χ1) is 9.57. The fraction of sp³-hybridized carbons (Fsp3) is 0.200. The van der Waals surface area contributed by atoms with Crippen LogP contribution in [0.25, 0.3) is 10.7 Å². The Bertz CT molecular complexity index is 696. The van der Waals surface area contributed by atoms with Crippen LogP contribution in [-0.4, -0.2) is 15.2 Å². The molecular weight excluding hydrogens is 268 g/mol. The van der Waals surface area contributed by atoms with Crippen LogP contribution in [0.3, 0.4) is 0 Å². The van der Waals surface area contributed by atoms with E-state index < -0.39 is 0 Å². The molecule has 3 aromatic rings. The average Bonchev–Trinajstić information content (AvgIpc) is 3.10. The lowest BCUT2D eigenvalue weighted by Crippen LogP contribution is -2.20. The third-order valence-corrected chi connectivity index (χ3v) is 4.32. The maximum atomic E-state index is 5.74. The SMILES string of the molecule is CC(C)(c1ccc(N)cc1)c1nc(-c2cccs2)n[nH]1. The second kappa shape index (κ2) is 4.76. The van der Waals surface area contributed by atoms with E-state index in [1.807, 2.05) is 41.8 Å². The summed E-state index contributed by atoms with van der Waals surface area (Å²) < 4.78 is 0. The standard InChI is InChI=1S/C15H16N4S/c1-15(2,10-5-7-11(16)8-6-10)14-17-13(18-19-14)12-4-3-9-20-12/h3-9H,16H2,1-2H3,(H,17,18,19). The van der Waals surface area contributed by atoms with E-state index in [0.29, 0.717) is 0 Å². The zero-order valence-electron chi connectivity index (χ0n) is 11.4. The lowest BCUT2D eigenvalue weighted by molar-refractivity contribution is 0.593. The molecule has 0 fully saturated rings. The molecule has 2 heterocycles. The molecule has 5 heteroatoms. The largest absolute Gasteiger partial charge is 0.399 e. The number of nitrogens with zero attached hydrogens (tertiary/aromatic N) is 2. The quantitative estimate of drug-likeness (QED) is 0.724. The van der Waals surface area contributed by atoms with Crippen LogP contribution in [0.5, 0.6) is 0 Å². The van der Waals surface area contributed by atoms with Gasteiger partial charge in [-0.2, -0.15) is 5.10 Å². The maximum absolute atomic E-state index is 5.74. The van der Waals surface area contributed by atoms with Crippen molar-refractivity contribution in [1.82, 2.24) is 15.2 Å². The van der Waals surface area contributed by atoms with Gasteiger partial charge in [-0.05, 0) is 43.0 Å². The van der Waals surface area contributed by atoms with Crippen LogP contribution < -0.4 is 5.73 Å². The van der Waals surface area contributed by atoms with Crippen molar-refractivity contribution in [2.45, 2.75) is 19.3 Å². The molecule has 0 aliphatic rings. The summed E-state index contributed by atoms with van der Waals surface area (Å²) in [5.41, 5.74) is 7.42. The number of rotatable bonds is 3. The van der Waals surface area contributed by atoms with Gasteiger partial charge in [0.1, 0.15) is 5.82 Å². The molecular formula is C15H16N4S. The van der Waals surface area contributed by atoms with Crippen molar-refractivity contribution >= 4 is 17.0 Å². The number of hydrogen-bond acceptors (Lipinski definition) is 4. The number of aromatic amines is 1. The lowest BCUT2D eigenvalue weighted by atomic mass is 9.84. The molecule has 0 radical (unpaired) electrons. The van der Waals surface area contributed by atoms with Gasteiger partial charge >= 0.3 is 0 Å². The van der Waals surface area contributed by atoms with Crippen molar-refractivity contribution in [3.8, 4) is 10.7 Å². The van der Waals surface area contributed by atoms with Crippen molar-refractivity contribution in [1.29, 1.82) is 0 Å². The Balaban J connectivity index is 1.97. The Morgan fingerprint density at radius 2 is 1.90 bits per heavy atom. The smallest absolute Gasteiger partial charge is 0.191 e. The van der Waals surface area contributed by atoms with E-state index >= 15 is 0 Å². The minimum atomic E-state index is -0.240. The summed E-state index contributed by atoms with van der Waals surface area (Å²) in [6, 6.07) is 11.9. The van der Waals surface area contributed by atoms with Crippen molar-refractivity contribution < 1.29 is 0 Å². The number of benzene rings is 1. The van der Waals surface area contributed by atoms with Gasteiger partial charge in [-0.25, -0.2) is 4.98 Å². The van der Waals surface area contributed by atoms with Gasteiger partial charge < -0.3 is 5.73 Å². The fourth-order valence-corrected chi connectivity index (χ4v) is 2.75. The Labute approximate surface area is 121 Å². The lowest BCUT2D eigenvalue weighted by Gasteiger charge is -2.22. The molecule has 102 valence electrons. The molecule has 0 atom stereocenters. The topological polar surface area (TPSA) is 67.6 Å². The van der Waals surface area contributed by atoms with Gasteiger partial charge in [-0.15, -0.1) is 11.3 Å². The summed E-state index contributed by atoms with van der Waals surface area (Å²) in [7, 11) is 0. The molecule has 4 nitrogen and oxygen atoms in total. The monoisotopic (exact) mass is 284 g/mol. The van der Waals surface area contributed by atoms with Crippen molar-refractivity contribution in [3.05, 3.63) is 53.2 Å². The van der Waals surface area contributed by atoms with E-state index in [1.165, 1.54) is 0 Å². The van der Waals surface area contributed by atoms with Crippen LogP contribution in [0, 0.1) is 0 Å². The Hall–Kier alpha value is -2.14. The number of H-pyrrole nitrogens is 1. The molecule has 1 aromatic carbocycles. The predicted octanol–water partition coefficient (Wildman–Crippen LogP) is 3.44. The molecule has 0 aliphatic carbocycles. The molecule has 2 aromatic heterocycles. The van der Waals surface area contributed by atoms with Crippen molar-refractivity contribution in [2.24, 2.45) is 0 Å². The first-order valence-corrected chi connectivity index (χ1v) is 7.28.